The van der Waals surface area contributed by atoms with Gasteiger partial charge in [-0.15, -0.1) is 6.42 Å². The Labute approximate surface area is 109 Å². The molecule has 0 saturated heterocycles. The molecule has 0 aliphatic carbocycles. The number of carbonyl (C=O) groups is 2. The van der Waals surface area contributed by atoms with Crippen LogP contribution in [-0.4, -0.2) is 41.1 Å². The molecule has 0 unspecified atom stereocenters. The Balaban J connectivity index is 4.78. The molecule has 0 saturated carbocycles. The third kappa shape index (κ3) is 5.09. The molecule has 0 radical (unpaired) electrons. The van der Waals surface area contributed by atoms with Crippen LogP contribution in [0.5, 0.6) is 0 Å². The van der Waals surface area contributed by atoms with Crippen LogP contribution in [0.15, 0.2) is 0 Å². The standard InChI is InChI=1S/C13H22N2O3/c1-6-8-15(9-7-2)12(18)14-10(11(16)17)13(3,4)5/h1,10H,7-9H2,2-5H3,(H,14,18)(H,16,17)/t10-/m1/s1. The molecule has 1 atom stereocenters. The molecule has 0 rings (SSSR count). The molecule has 0 spiro atoms. The van der Waals surface area contributed by atoms with Gasteiger partial charge in [0.2, 0.25) is 0 Å². The molecule has 102 valence electrons. The number of nitrogens with one attached hydrogen (secondary N) is 1. The van der Waals surface area contributed by atoms with Crippen LogP contribution < -0.4 is 5.32 Å². The molecule has 0 heterocycles. The smallest absolute Gasteiger partial charge is 0.326 e. The molecule has 0 bridgehead atoms. The van der Waals surface area contributed by atoms with Crippen molar-refractivity contribution < 1.29 is 14.7 Å². The Morgan fingerprint density at radius 1 is 1.44 bits per heavy atom. The zero-order chi connectivity index (χ0) is 14.3. The van der Waals surface area contributed by atoms with Gasteiger partial charge in [-0.3, -0.25) is 0 Å². The number of amides is 2. The molecule has 0 aliphatic rings. The van der Waals surface area contributed by atoms with Crippen LogP contribution >= 0.6 is 0 Å². The van der Waals surface area contributed by atoms with E-state index in [4.69, 9.17) is 11.5 Å². The lowest BCUT2D eigenvalue weighted by Gasteiger charge is -2.30. The first-order valence-electron chi connectivity index (χ1n) is 5.95. The first-order valence-corrected chi connectivity index (χ1v) is 5.95. The minimum absolute atomic E-state index is 0.177. The quantitative estimate of drug-likeness (QED) is 0.731. The number of hydrogen-bond donors (Lipinski definition) is 2. The molecule has 0 aromatic carbocycles. The normalized spacial score (nSPS) is 12.4. The molecule has 2 N–H and O–H groups in total. The van der Waals surface area contributed by atoms with Crippen molar-refractivity contribution in [1.82, 2.24) is 10.2 Å². The highest BCUT2D eigenvalue weighted by Gasteiger charge is 2.33. The summed E-state index contributed by atoms with van der Waals surface area (Å²) in [5.74, 6) is 1.34. The van der Waals surface area contributed by atoms with Gasteiger partial charge < -0.3 is 15.3 Å². The van der Waals surface area contributed by atoms with Crippen molar-refractivity contribution in [2.45, 2.75) is 40.2 Å². The zero-order valence-electron chi connectivity index (χ0n) is 11.5. The maximum absolute atomic E-state index is 11.9. The maximum Gasteiger partial charge on any atom is 0.326 e. The highest BCUT2D eigenvalue weighted by Crippen LogP contribution is 2.19. The second-order valence-corrected chi connectivity index (χ2v) is 5.21. The van der Waals surface area contributed by atoms with Gasteiger partial charge in [0, 0.05) is 6.54 Å². The number of rotatable bonds is 5. The van der Waals surface area contributed by atoms with Gasteiger partial charge >= 0.3 is 12.0 Å². The number of nitrogens with zero attached hydrogens (tertiary/aromatic N) is 1. The molecule has 18 heavy (non-hydrogen) atoms. The van der Waals surface area contributed by atoms with Gasteiger partial charge in [-0.1, -0.05) is 33.6 Å². The number of carbonyl (C=O) groups excluding carboxylic acids is 1. The zero-order valence-corrected chi connectivity index (χ0v) is 11.5. The van der Waals surface area contributed by atoms with E-state index < -0.39 is 23.5 Å². The van der Waals surface area contributed by atoms with Crippen LogP contribution in [0.3, 0.4) is 0 Å². The number of carboxylic acids is 1. The third-order valence-corrected chi connectivity index (χ3v) is 2.44. The van der Waals surface area contributed by atoms with Gasteiger partial charge in [0.1, 0.15) is 6.04 Å². The molecule has 5 heteroatoms. The Hall–Kier alpha value is -1.70. The topological polar surface area (TPSA) is 69.6 Å². The molecule has 0 aliphatic heterocycles. The van der Waals surface area contributed by atoms with E-state index in [9.17, 15) is 9.59 Å². The van der Waals surface area contributed by atoms with Gasteiger partial charge in [0.05, 0.1) is 6.54 Å². The number of hydrogen-bond acceptors (Lipinski definition) is 2. The number of aliphatic carboxylic acids is 1. The molecular formula is C13H22N2O3. The van der Waals surface area contributed by atoms with E-state index in [2.05, 4.69) is 11.2 Å². The van der Waals surface area contributed by atoms with Gasteiger partial charge in [-0.25, -0.2) is 9.59 Å². The predicted octanol–water partition coefficient (Wildman–Crippen LogP) is 1.54. The first kappa shape index (κ1) is 16.3. The van der Waals surface area contributed by atoms with Gasteiger partial charge in [-0.05, 0) is 11.8 Å². The van der Waals surface area contributed by atoms with Crippen molar-refractivity contribution in [3.05, 3.63) is 0 Å². The second kappa shape index (κ2) is 6.90. The number of urea groups is 1. The number of terminal acetylenes is 1. The average Bonchev–Trinajstić information content (AvgIpc) is 2.23. The third-order valence-electron chi connectivity index (χ3n) is 2.44. The Morgan fingerprint density at radius 2 is 2.00 bits per heavy atom. The lowest BCUT2D eigenvalue weighted by molar-refractivity contribution is -0.142. The van der Waals surface area contributed by atoms with Crippen LogP contribution in [0.1, 0.15) is 34.1 Å². The predicted molar refractivity (Wildman–Crippen MR) is 70.1 cm³/mol. The molecule has 0 aromatic heterocycles. The van der Waals surface area contributed by atoms with E-state index in [1.807, 2.05) is 6.92 Å². The van der Waals surface area contributed by atoms with E-state index in [0.717, 1.165) is 6.42 Å². The van der Waals surface area contributed by atoms with Crippen LogP contribution in [0, 0.1) is 17.8 Å². The van der Waals surface area contributed by atoms with Crippen molar-refractivity contribution in [3.63, 3.8) is 0 Å². The van der Waals surface area contributed by atoms with Crippen LogP contribution in [0.2, 0.25) is 0 Å². The summed E-state index contributed by atoms with van der Waals surface area (Å²) in [6, 6.07) is -1.38. The summed E-state index contributed by atoms with van der Waals surface area (Å²) in [7, 11) is 0. The van der Waals surface area contributed by atoms with E-state index in [-0.39, 0.29) is 6.54 Å². The molecule has 2 amide bonds. The summed E-state index contributed by atoms with van der Waals surface area (Å²) in [6.45, 7) is 7.89. The highest BCUT2D eigenvalue weighted by atomic mass is 16.4. The van der Waals surface area contributed by atoms with Crippen molar-refractivity contribution in [2.75, 3.05) is 13.1 Å². The van der Waals surface area contributed by atoms with Crippen molar-refractivity contribution >= 4 is 12.0 Å². The highest BCUT2D eigenvalue weighted by molar-refractivity contribution is 5.83. The Bertz CT molecular complexity index is 339. The van der Waals surface area contributed by atoms with Gasteiger partial charge in [0.25, 0.3) is 0 Å². The van der Waals surface area contributed by atoms with Crippen molar-refractivity contribution in [2.24, 2.45) is 5.41 Å². The molecule has 0 aromatic rings. The van der Waals surface area contributed by atoms with E-state index in [1.54, 1.807) is 20.8 Å². The van der Waals surface area contributed by atoms with Crippen LogP contribution in [0.25, 0.3) is 0 Å². The molecular weight excluding hydrogens is 232 g/mol. The summed E-state index contributed by atoms with van der Waals surface area (Å²) in [5.41, 5.74) is -0.560. The Kier molecular flexibility index (Phi) is 6.24. The summed E-state index contributed by atoms with van der Waals surface area (Å²) in [6.07, 6.45) is 5.95. The molecule has 5 nitrogen and oxygen atoms in total. The second-order valence-electron chi connectivity index (χ2n) is 5.21. The monoisotopic (exact) mass is 254 g/mol. The summed E-state index contributed by atoms with van der Waals surface area (Å²) >= 11 is 0. The summed E-state index contributed by atoms with van der Waals surface area (Å²) < 4.78 is 0. The SMILES string of the molecule is C#CCN(CCC)C(=O)N[C@H](C(=O)O)C(C)(C)C. The Morgan fingerprint density at radius 3 is 2.33 bits per heavy atom. The van der Waals surface area contributed by atoms with Gasteiger partial charge in [-0.2, -0.15) is 0 Å². The van der Waals surface area contributed by atoms with Crippen LogP contribution in [0.4, 0.5) is 4.79 Å². The fraction of sp³-hybridized carbons (Fsp3) is 0.692. The van der Waals surface area contributed by atoms with Gasteiger partial charge in [0.15, 0.2) is 0 Å². The van der Waals surface area contributed by atoms with Crippen molar-refractivity contribution in [3.8, 4) is 12.3 Å². The van der Waals surface area contributed by atoms with Crippen LogP contribution in [-0.2, 0) is 4.79 Å². The van der Waals surface area contributed by atoms with E-state index in [0.29, 0.717) is 6.54 Å². The summed E-state index contributed by atoms with van der Waals surface area (Å²) in [5, 5.41) is 11.6. The van der Waals surface area contributed by atoms with E-state index >= 15 is 0 Å². The minimum Gasteiger partial charge on any atom is -0.480 e. The van der Waals surface area contributed by atoms with E-state index in [1.165, 1.54) is 4.90 Å². The largest absolute Gasteiger partial charge is 0.480 e. The fourth-order valence-electron chi connectivity index (χ4n) is 1.50. The first-order chi connectivity index (χ1) is 8.23. The average molecular weight is 254 g/mol. The lowest BCUT2D eigenvalue weighted by Crippen LogP contribution is -2.53. The number of carboxylic acid groups (broad SMARTS) is 1. The fourth-order valence-corrected chi connectivity index (χ4v) is 1.50. The lowest BCUT2D eigenvalue weighted by atomic mass is 9.87. The maximum atomic E-state index is 11.9. The minimum atomic E-state index is -1.05. The summed E-state index contributed by atoms with van der Waals surface area (Å²) in [4.78, 5) is 24.5. The molecule has 0 fully saturated rings. The van der Waals surface area contributed by atoms with Crippen molar-refractivity contribution in [1.29, 1.82) is 0 Å².